The van der Waals surface area contributed by atoms with Crippen molar-refractivity contribution in [2.45, 2.75) is 0 Å². The van der Waals surface area contributed by atoms with Gasteiger partial charge < -0.3 is 20.4 Å². The summed E-state index contributed by atoms with van der Waals surface area (Å²) in [7, 11) is 0. The SMILES string of the molecule is O=C(O)CNC(=O)c1ccc2[nH]c(=O)[nH]c2c1. The minimum atomic E-state index is -1.12. The predicted molar refractivity (Wildman–Crippen MR) is 58.9 cm³/mol. The van der Waals surface area contributed by atoms with Gasteiger partial charge in [0.1, 0.15) is 6.54 Å². The Morgan fingerprint density at radius 2 is 1.94 bits per heavy atom. The summed E-state index contributed by atoms with van der Waals surface area (Å²) in [4.78, 5) is 37.9. The lowest BCUT2D eigenvalue weighted by Gasteiger charge is -2.01. The average molecular weight is 235 g/mol. The maximum absolute atomic E-state index is 11.5. The molecule has 0 radical (unpaired) electrons. The van der Waals surface area contributed by atoms with E-state index >= 15 is 0 Å². The van der Waals surface area contributed by atoms with Gasteiger partial charge in [0.05, 0.1) is 11.0 Å². The van der Waals surface area contributed by atoms with E-state index in [9.17, 15) is 14.4 Å². The van der Waals surface area contributed by atoms with Gasteiger partial charge in [0.2, 0.25) is 0 Å². The number of aliphatic carboxylic acids is 1. The summed E-state index contributed by atoms with van der Waals surface area (Å²) in [6.45, 7) is -0.444. The lowest BCUT2D eigenvalue weighted by atomic mass is 10.2. The molecule has 2 rings (SSSR count). The zero-order valence-corrected chi connectivity index (χ0v) is 8.61. The molecule has 0 aliphatic carbocycles. The predicted octanol–water partition coefficient (Wildman–Crippen LogP) is -0.329. The van der Waals surface area contributed by atoms with Crippen LogP contribution in [0, 0.1) is 0 Å². The molecule has 0 saturated heterocycles. The number of carboxylic acids is 1. The molecule has 7 heteroatoms. The van der Waals surface area contributed by atoms with Gasteiger partial charge in [-0.3, -0.25) is 9.59 Å². The van der Waals surface area contributed by atoms with Crippen LogP contribution in [0.3, 0.4) is 0 Å². The highest BCUT2D eigenvalue weighted by Gasteiger charge is 2.08. The molecule has 7 nitrogen and oxygen atoms in total. The number of carbonyl (C=O) groups is 2. The molecule has 0 aliphatic heterocycles. The number of fused-ring (bicyclic) bond motifs is 1. The summed E-state index contributed by atoms with van der Waals surface area (Å²) in [5, 5.41) is 10.6. The molecule has 0 saturated carbocycles. The maximum Gasteiger partial charge on any atom is 0.323 e. The van der Waals surface area contributed by atoms with E-state index in [0.717, 1.165) is 0 Å². The third kappa shape index (κ3) is 2.33. The van der Waals surface area contributed by atoms with E-state index < -0.39 is 18.4 Å². The monoisotopic (exact) mass is 235 g/mol. The summed E-state index contributed by atoms with van der Waals surface area (Å²) in [6, 6.07) is 4.55. The molecule has 4 N–H and O–H groups in total. The van der Waals surface area contributed by atoms with Gasteiger partial charge >= 0.3 is 11.7 Å². The van der Waals surface area contributed by atoms with Crippen molar-refractivity contribution in [2.24, 2.45) is 0 Å². The van der Waals surface area contributed by atoms with Crippen molar-refractivity contribution in [3.8, 4) is 0 Å². The fraction of sp³-hybridized carbons (Fsp3) is 0.100. The summed E-state index contributed by atoms with van der Waals surface area (Å²) in [5.41, 5.74) is 1.01. The number of hydrogen-bond donors (Lipinski definition) is 4. The fourth-order valence-electron chi connectivity index (χ4n) is 1.43. The van der Waals surface area contributed by atoms with Crippen LogP contribution in [0.5, 0.6) is 0 Å². The molecule has 0 bridgehead atoms. The van der Waals surface area contributed by atoms with Crippen molar-refractivity contribution < 1.29 is 14.7 Å². The van der Waals surface area contributed by atoms with E-state index in [1.165, 1.54) is 12.1 Å². The lowest BCUT2D eigenvalue weighted by Crippen LogP contribution is -2.29. The number of aromatic nitrogens is 2. The van der Waals surface area contributed by atoms with Crippen LogP contribution in [-0.2, 0) is 4.79 Å². The molecule has 0 atom stereocenters. The highest BCUT2D eigenvalue weighted by molar-refractivity contribution is 5.98. The number of H-pyrrole nitrogens is 2. The minimum absolute atomic E-state index is 0.286. The van der Waals surface area contributed by atoms with E-state index in [4.69, 9.17) is 5.11 Å². The minimum Gasteiger partial charge on any atom is -0.480 e. The van der Waals surface area contributed by atoms with Crippen molar-refractivity contribution in [1.82, 2.24) is 15.3 Å². The first-order chi connectivity index (χ1) is 8.06. The number of carbonyl (C=O) groups excluding carboxylic acids is 1. The Bertz CT molecular complexity index is 640. The summed E-state index contributed by atoms with van der Waals surface area (Å²) < 4.78 is 0. The molecule has 1 aromatic heterocycles. The Balaban J connectivity index is 2.26. The lowest BCUT2D eigenvalue weighted by molar-refractivity contribution is -0.135. The van der Waals surface area contributed by atoms with E-state index in [-0.39, 0.29) is 11.3 Å². The maximum atomic E-state index is 11.5. The normalized spacial score (nSPS) is 10.4. The first kappa shape index (κ1) is 10.9. The van der Waals surface area contributed by atoms with Crippen LogP contribution in [0.1, 0.15) is 10.4 Å². The smallest absolute Gasteiger partial charge is 0.323 e. The number of carboxylic acid groups (broad SMARTS) is 1. The third-order valence-electron chi connectivity index (χ3n) is 2.18. The van der Waals surface area contributed by atoms with Crippen LogP contribution in [0.2, 0.25) is 0 Å². The van der Waals surface area contributed by atoms with Crippen molar-refractivity contribution in [3.63, 3.8) is 0 Å². The molecule has 0 aliphatic rings. The highest BCUT2D eigenvalue weighted by atomic mass is 16.4. The van der Waals surface area contributed by atoms with E-state index in [0.29, 0.717) is 11.0 Å². The van der Waals surface area contributed by atoms with Gasteiger partial charge in [-0.2, -0.15) is 0 Å². The first-order valence-electron chi connectivity index (χ1n) is 4.78. The fourth-order valence-corrected chi connectivity index (χ4v) is 1.43. The number of rotatable bonds is 3. The van der Waals surface area contributed by atoms with Gasteiger partial charge in [0.15, 0.2) is 0 Å². The summed E-state index contributed by atoms with van der Waals surface area (Å²) >= 11 is 0. The number of nitrogens with one attached hydrogen (secondary N) is 3. The summed E-state index contributed by atoms with van der Waals surface area (Å²) in [5.74, 6) is -1.62. The van der Waals surface area contributed by atoms with Crippen molar-refractivity contribution in [3.05, 3.63) is 34.2 Å². The van der Waals surface area contributed by atoms with Gasteiger partial charge in [-0.25, -0.2) is 4.79 Å². The van der Waals surface area contributed by atoms with Crippen molar-refractivity contribution >= 4 is 22.9 Å². The van der Waals surface area contributed by atoms with Gasteiger partial charge in [-0.1, -0.05) is 0 Å². The molecule has 0 fully saturated rings. The van der Waals surface area contributed by atoms with Gasteiger partial charge in [-0.05, 0) is 18.2 Å². The van der Waals surface area contributed by atoms with Crippen LogP contribution in [0.15, 0.2) is 23.0 Å². The van der Waals surface area contributed by atoms with Crippen LogP contribution < -0.4 is 11.0 Å². The molecule has 1 heterocycles. The molecule has 1 aromatic carbocycles. The molecular formula is C10H9N3O4. The number of hydrogen-bond acceptors (Lipinski definition) is 3. The van der Waals surface area contributed by atoms with Gasteiger partial charge in [0.25, 0.3) is 5.91 Å². The zero-order chi connectivity index (χ0) is 12.4. The largest absolute Gasteiger partial charge is 0.480 e. The quantitative estimate of drug-likeness (QED) is 0.583. The number of amides is 1. The van der Waals surface area contributed by atoms with Crippen LogP contribution >= 0.6 is 0 Å². The Morgan fingerprint density at radius 1 is 1.24 bits per heavy atom. The number of aromatic amines is 2. The molecule has 2 aromatic rings. The molecule has 1 amide bonds. The Hall–Kier alpha value is -2.57. The van der Waals surface area contributed by atoms with Gasteiger partial charge in [-0.15, -0.1) is 0 Å². The number of imidazole rings is 1. The van der Waals surface area contributed by atoms with Crippen LogP contribution in [0.4, 0.5) is 0 Å². The number of benzene rings is 1. The van der Waals surface area contributed by atoms with Crippen LogP contribution in [0.25, 0.3) is 11.0 Å². The Kier molecular flexibility index (Phi) is 2.65. The second-order valence-electron chi connectivity index (χ2n) is 3.42. The molecule has 88 valence electrons. The van der Waals surface area contributed by atoms with Crippen molar-refractivity contribution in [1.29, 1.82) is 0 Å². The Labute approximate surface area is 94.5 Å². The standard InChI is InChI=1S/C10H9N3O4/c14-8(15)4-11-9(16)5-1-2-6-7(3-5)13-10(17)12-6/h1-3H,4H2,(H,11,16)(H,14,15)(H2,12,13,17). The molecule has 0 spiro atoms. The summed E-state index contributed by atoms with van der Waals surface area (Å²) in [6.07, 6.45) is 0. The zero-order valence-electron chi connectivity index (χ0n) is 8.61. The van der Waals surface area contributed by atoms with Gasteiger partial charge in [0, 0.05) is 5.56 Å². The van der Waals surface area contributed by atoms with Crippen LogP contribution in [-0.4, -0.2) is 33.5 Å². The third-order valence-corrected chi connectivity index (χ3v) is 2.18. The topological polar surface area (TPSA) is 115 Å². The second kappa shape index (κ2) is 4.12. The van der Waals surface area contributed by atoms with Crippen molar-refractivity contribution in [2.75, 3.05) is 6.54 Å². The Morgan fingerprint density at radius 3 is 2.65 bits per heavy atom. The second-order valence-corrected chi connectivity index (χ2v) is 3.42. The average Bonchev–Trinajstić information content (AvgIpc) is 2.64. The molecule has 0 unspecified atom stereocenters. The molecule has 17 heavy (non-hydrogen) atoms. The molecular weight excluding hydrogens is 226 g/mol. The van der Waals surface area contributed by atoms with E-state index in [1.54, 1.807) is 6.07 Å². The van der Waals surface area contributed by atoms with E-state index in [2.05, 4.69) is 15.3 Å². The first-order valence-corrected chi connectivity index (χ1v) is 4.78. The highest BCUT2D eigenvalue weighted by Crippen LogP contribution is 2.09. The van der Waals surface area contributed by atoms with E-state index in [1.807, 2.05) is 0 Å².